The Labute approximate surface area is 124 Å². The highest BCUT2D eigenvalue weighted by Gasteiger charge is 2.07. The van der Waals surface area contributed by atoms with Crippen LogP contribution in [0.1, 0.15) is 38.3 Å². The van der Waals surface area contributed by atoms with Crippen molar-refractivity contribution in [3.05, 3.63) is 29.3 Å². The normalized spacial score (nSPS) is 12.8. The molecule has 1 aromatic rings. The Morgan fingerprint density at radius 1 is 1.30 bits per heavy atom. The number of likely N-dealkylation sites (N-methyl/N-ethyl adjacent to an activating group) is 1. The third kappa shape index (κ3) is 5.51. The second-order valence-electron chi connectivity index (χ2n) is 5.83. The number of benzene rings is 1. The molecule has 0 amide bonds. The highest BCUT2D eigenvalue weighted by Crippen LogP contribution is 2.21. The van der Waals surface area contributed by atoms with Crippen LogP contribution in [0.2, 0.25) is 0 Å². The molecule has 1 aromatic carbocycles. The van der Waals surface area contributed by atoms with Gasteiger partial charge in [-0.3, -0.25) is 0 Å². The van der Waals surface area contributed by atoms with Crippen LogP contribution in [0.4, 0.5) is 5.69 Å². The number of hydrogen-bond donors (Lipinski definition) is 1. The van der Waals surface area contributed by atoms with Crippen molar-refractivity contribution in [1.29, 1.82) is 0 Å². The lowest BCUT2D eigenvalue weighted by molar-refractivity contribution is 0.0846. The first-order chi connectivity index (χ1) is 9.43. The largest absolute Gasteiger partial charge is 0.377 e. The second-order valence-corrected chi connectivity index (χ2v) is 5.83. The summed E-state index contributed by atoms with van der Waals surface area (Å²) in [4.78, 5) is 2.25. The highest BCUT2D eigenvalue weighted by atomic mass is 16.5. The smallest absolute Gasteiger partial charge is 0.0644 e. The molecule has 0 fully saturated rings. The standard InChI is InChI=1S/C17H30N2O/c1-6-16(18)12-15-7-8-17(14(4)11-15)19(5)9-10-20-13(2)3/h7-8,11,13,16H,6,9-10,12,18H2,1-5H3. The van der Waals surface area contributed by atoms with Crippen LogP contribution in [0.15, 0.2) is 18.2 Å². The van der Waals surface area contributed by atoms with Crippen molar-refractivity contribution in [3.8, 4) is 0 Å². The molecule has 0 spiro atoms. The third-order valence-corrected chi connectivity index (χ3v) is 3.57. The second kappa shape index (κ2) is 8.28. The molecular weight excluding hydrogens is 248 g/mol. The fourth-order valence-electron chi connectivity index (χ4n) is 2.27. The van der Waals surface area contributed by atoms with Crippen LogP contribution >= 0.6 is 0 Å². The van der Waals surface area contributed by atoms with E-state index in [1.165, 1.54) is 16.8 Å². The molecule has 0 aromatic heterocycles. The highest BCUT2D eigenvalue weighted by molar-refractivity contribution is 5.54. The summed E-state index contributed by atoms with van der Waals surface area (Å²) >= 11 is 0. The van der Waals surface area contributed by atoms with E-state index in [1.54, 1.807) is 0 Å². The summed E-state index contributed by atoms with van der Waals surface area (Å²) in [6, 6.07) is 6.91. The molecule has 0 heterocycles. The Balaban J connectivity index is 2.62. The van der Waals surface area contributed by atoms with Crippen LogP contribution in [0, 0.1) is 6.92 Å². The van der Waals surface area contributed by atoms with E-state index in [0.717, 1.165) is 26.0 Å². The first kappa shape index (κ1) is 17.0. The molecule has 114 valence electrons. The molecule has 0 bridgehead atoms. The number of anilines is 1. The summed E-state index contributed by atoms with van der Waals surface area (Å²) in [7, 11) is 2.11. The molecule has 0 saturated carbocycles. The minimum Gasteiger partial charge on any atom is -0.377 e. The van der Waals surface area contributed by atoms with Crippen LogP contribution in [-0.2, 0) is 11.2 Å². The summed E-state index contributed by atoms with van der Waals surface area (Å²) in [5, 5.41) is 0. The van der Waals surface area contributed by atoms with Gasteiger partial charge >= 0.3 is 0 Å². The number of nitrogens with zero attached hydrogens (tertiary/aromatic N) is 1. The van der Waals surface area contributed by atoms with Crippen molar-refractivity contribution < 1.29 is 4.74 Å². The fourth-order valence-corrected chi connectivity index (χ4v) is 2.27. The van der Waals surface area contributed by atoms with Gasteiger partial charge in [0.1, 0.15) is 0 Å². The van der Waals surface area contributed by atoms with Gasteiger partial charge < -0.3 is 15.4 Å². The zero-order chi connectivity index (χ0) is 15.1. The van der Waals surface area contributed by atoms with E-state index >= 15 is 0 Å². The quantitative estimate of drug-likeness (QED) is 0.794. The van der Waals surface area contributed by atoms with Gasteiger partial charge in [0.15, 0.2) is 0 Å². The Morgan fingerprint density at radius 2 is 2.00 bits per heavy atom. The van der Waals surface area contributed by atoms with E-state index in [4.69, 9.17) is 10.5 Å². The molecule has 0 saturated heterocycles. The number of hydrogen-bond acceptors (Lipinski definition) is 3. The zero-order valence-electron chi connectivity index (χ0n) is 13.6. The van der Waals surface area contributed by atoms with Gasteiger partial charge in [-0.2, -0.15) is 0 Å². The summed E-state index contributed by atoms with van der Waals surface area (Å²) in [6.45, 7) is 10.1. The van der Waals surface area contributed by atoms with Crippen LogP contribution in [0.3, 0.4) is 0 Å². The summed E-state index contributed by atoms with van der Waals surface area (Å²) < 4.78 is 5.61. The van der Waals surface area contributed by atoms with Crippen molar-refractivity contribution >= 4 is 5.69 Å². The van der Waals surface area contributed by atoms with Crippen molar-refractivity contribution in [2.24, 2.45) is 5.73 Å². The maximum atomic E-state index is 6.02. The average Bonchev–Trinajstić information content (AvgIpc) is 2.38. The molecule has 0 aliphatic carbocycles. The van der Waals surface area contributed by atoms with E-state index in [0.29, 0.717) is 6.10 Å². The van der Waals surface area contributed by atoms with Crippen LogP contribution in [0.5, 0.6) is 0 Å². The Morgan fingerprint density at radius 3 is 2.55 bits per heavy atom. The lowest BCUT2D eigenvalue weighted by Gasteiger charge is -2.23. The number of rotatable bonds is 8. The van der Waals surface area contributed by atoms with Gasteiger partial charge in [0.2, 0.25) is 0 Å². The van der Waals surface area contributed by atoms with Crippen molar-refractivity contribution in [1.82, 2.24) is 0 Å². The molecule has 0 radical (unpaired) electrons. The molecular formula is C17H30N2O. The van der Waals surface area contributed by atoms with Gasteiger partial charge in [-0.15, -0.1) is 0 Å². The Hall–Kier alpha value is -1.06. The van der Waals surface area contributed by atoms with E-state index < -0.39 is 0 Å². The van der Waals surface area contributed by atoms with Gasteiger partial charge in [0.05, 0.1) is 12.7 Å². The lowest BCUT2D eigenvalue weighted by Crippen LogP contribution is -2.25. The molecule has 0 aliphatic heterocycles. The molecule has 3 nitrogen and oxygen atoms in total. The van der Waals surface area contributed by atoms with Crippen molar-refractivity contribution in [3.63, 3.8) is 0 Å². The molecule has 3 heteroatoms. The van der Waals surface area contributed by atoms with Gasteiger partial charge in [0, 0.05) is 25.3 Å². The number of aryl methyl sites for hydroxylation is 1. The Kier molecular flexibility index (Phi) is 7.03. The van der Waals surface area contributed by atoms with Crippen LogP contribution in [-0.4, -0.2) is 32.3 Å². The minimum absolute atomic E-state index is 0.262. The molecule has 20 heavy (non-hydrogen) atoms. The van der Waals surface area contributed by atoms with Crippen LogP contribution in [0.25, 0.3) is 0 Å². The first-order valence-electron chi connectivity index (χ1n) is 7.61. The first-order valence-corrected chi connectivity index (χ1v) is 7.61. The predicted octanol–water partition coefficient (Wildman–Crippen LogP) is 3.14. The molecule has 1 unspecified atom stereocenters. The SMILES string of the molecule is CCC(N)Cc1ccc(N(C)CCOC(C)C)c(C)c1. The molecule has 1 rings (SSSR count). The van der Waals surface area contributed by atoms with Gasteiger partial charge in [0.25, 0.3) is 0 Å². The maximum absolute atomic E-state index is 6.02. The minimum atomic E-state index is 0.262. The van der Waals surface area contributed by atoms with E-state index in [2.05, 4.69) is 57.8 Å². The zero-order valence-corrected chi connectivity index (χ0v) is 13.6. The summed E-state index contributed by atoms with van der Waals surface area (Å²) in [5.41, 5.74) is 9.92. The molecule has 1 atom stereocenters. The van der Waals surface area contributed by atoms with Gasteiger partial charge in [-0.1, -0.05) is 19.1 Å². The molecule has 0 aliphatic rings. The van der Waals surface area contributed by atoms with Crippen LogP contribution < -0.4 is 10.6 Å². The number of nitrogens with two attached hydrogens (primary N) is 1. The molecule has 2 N–H and O–H groups in total. The fraction of sp³-hybridized carbons (Fsp3) is 0.647. The van der Waals surface area contributed by atoms with Gasteiger partial charge in [-0.05, 0) is 50.8 Å². The third-order valence-electron chi connectivity index (χ3n) is 3.57. The van der Waals surface area contributed by atoms with E-state index in [1.807, 2.05) is 0 Å². The maximum Gasteiger partial charge on any atom is 0.0644 e. The monoisotopic (exact) mass is 278 g/mol. The van der Waals surface area contributed by atoms with E-state index in [-0.39, 0.29) is 6.04 Å². The van der Waals surface area contributed by atoms with Crippen molar-refractivity contribution in [2.45, 2.75) is 52.7 Å². The number of ether oxygens (including phenoxy) is 1. The average molecular weight is 278 g/mol. The van der Waals surface area contributed by atoms with E-state index in [9.17, 15) is 0 Å². The topological polar surface area (TPSA) is 38.5 Å². The van der Waals surface area contributed by atoms with Gasteiger partial charge in [-0.25, -0.2) is 0 Å². The summed E-state index contributed by atoms with van der Waals surface area (Å²) in [5.74, 6) is 0. The predicted molar refractivity (Wildman–Crippen MR) is 87.5 cm³/mol. The van der Waals surface area contributed by atoms with Crippen molar-refractivity contribution in [2.75, 3.05) is 25.1 Å². The summed E-state index contributed by atoms with van der Waals surface area (Å²) in [6.07, 6.45) is 2.27. The Bertz CT molecular complexity index is 404. The lowest BCUT2D eigenvalue weighted by atomic mass is 10.0.